The van der Waals surface area contributed by atoms with Crippen molar-refractivity contribution in [2.24, 2.45) is 11.8 Å². The van der Waals surface area contributed by atoms with Crippen LogP contribution < -0.4 is 5.32 Å². The van der Waals surface area contributed by atoms with Crippen LogP contribution in [-0.2, 0) is 9.59 Å². The Hall–Kier alpha value is -0.710. The maximum atomic E-state index is 12.2. The molecule has 0 aromatic heterocycles. The van der Waals surface area contributed by atoms with Crippen molar-refractivity contribution < 1.29 is 9.59 Å². The van der Waals surface area contributed by atoms with Gasteiger partial charge in [-0.1, -0.05) is 34.6 Å². The number of thioether (sulfide) groups is 1. The molecular formula is C17H32N2O2S. The van der Waals surface area contributed by atoms with Crippen LogP contribution in [0.4, 0.5) is 0 Å². The second-order valence-corrected chi connectivity index (χ2v) is 9.33. The number of nitrogens with one attached hydrogen (secondary N) is 1. The van der Waals surface area contributed by atoms with Crippen LogP contribution in [0.3, 0.4) is 0 Å². The third-order valence-corrected chi connectivity index (χ3v) is 5.13. The summed E-state index contributed by atoms with van der Waals surface area (Å²) in [5.41, 5.74) is 0. The molecule has 22 heavy (non-hydrogen) atoms. The number of nitrogens with zero attached hydrogens (tertiary/aromatic N) is 1. The third kappa shape index (κ3) is 7.52. The minimum atomic E-state index is 0.0754. The van der Waals surface area contributed by atoms with Crippen LogP contribution in [0.1, 0.15) is 53.9 Å². The van der Waals surface area contributed by atoms with Gasteiger partial charge in [0.05, 0.1) is 5.75 Å². The highest BCUT2D eigenvalue weighted by Crippen LogP contribution is 2.24. The van der Waals surface area contributed by atoms with E-state index in [9.17, 15) is 9.59 Å². The average molecular weight is 329 g/mol. The SMILES string of the molecule is CC(C)CCNC(=O)C1CCN(C(=O)CSC(C)(C)C)CC1. The Morgan fingerprint density at radius 1 is 1.23 bits per heavy atom. The van der Waals surface area contributed by atoms with Gasteiger partial charge in [-0.2, -0.15) is 0 Å². The fourth-order valence-electron chi connectivity index (χ4n) is 2.39. The van der Waals surface area contributed by atoms with Gasteiger partial charge in [0.25, 0.3) is 0 Å². The van der Waals surface area contributed by atoms with Crippen molar-refractivity contribution in [3.8, 4) is 0 Å². The molecule has 0 unspecified atom stereocenters. The van der Waals surface area contributed by atoms with E-state index in [0.29, 0.717) is 24.8 Å². The highest BCUT2D eigenvalue weighted by Gasteiger charge is 2.27. The van der Waals surface area contributed by atoms with Gasteiger partial charge >= 0.3 is 0 Å². The number of rotatable bonds is 6. The first-order valence-corrected chi connectivity index (χ1v) is 9.37. The number of carbonyl (C=O) groups excluding carboxylic acids is 2. The zero-order valence-corrected chi connectivity index (χ0v) is 15.6. The lowest BCUT2D eigenvalue weighted by Crippen LogP contribution is -2.44. The Kier molecular flexibility index (Phi) is 7.74. The zero-order chi connectivity index (χ0) is 16.8. The van der Waals surface area contributed by atoms with Crippen LogP contribution in [0.15, 0.2) is 0 Å². The molecule has 0 aliphatic carbocycles. The van der Waals surface area contributed by atoms with E-state index < -0.39 is 0 Å². The number of amides is 2. The van der Waals surface area contributed by atoms with Gasteiger partial charge < -0.3 is 10.2 Å². The second-order valence-electron chi connectivity index (χ2n) is 7.53. The van der Waals surface area contributed by atoms with Crippen molar-refractivity contribution in [2.45, 2.75) is 58.6 Å². The molecule has 5 heteroatoms. The van der Waals surface area contributed by atoms with E-state index in [1.54, 1.807) is 11.8 Å². The van der Waals surface area contributed by atoms with Crippen LogP contribution in [0.5, 0.6) is 0 Å². The fourth-order valence-corrected chi connectivity index (χ4v) is 3.13. The summed E-state index contributed by atoms with van der Waals surface area (Å²) < 4.78 is 0.115. The van der Waals surface area contributed by atoms with Gasteiger partial charge in [-0.05, 0) is 25.2 Å². The zero-order valence-electron chi connectivity index (χ0n) is 14.8. The Balaban J connectivity index is 2.27. The topological polar surface area (TPSA) is 49.4 Å². The summed E-state index contributed by atoms with van der Waals surface area (Å²) in [6, 6.07) is 0. The summed E-state index contributed by atoms with van der Waals surface area (Å²) in [7, 11) is 0. The van der Waals surface area contributed by atoms with E-state index in [1.807, 2.05) is 4.90 Å². The third-order valence-electron chi connectivity index (χ3n) is 3.87. The highest BCUT2D eigenvalue weighted by atomic mass is 32.2. The van der Waals surface area contributed by atoms with Gasteiger partial charge in [-0.25, -0.2) is 0 Å². The van der Waals surface area contributed by atoms with Crippen molar-refractivity contribution in [1.29, 1.82) is 0 Å². The molecule has 0 aromatic rings. The summed E-state index contributed by atoms with van der Waals surface area (Å²) in [6.45, 7) is 12.9. The predicted molar refractivity (Wildman–Crippen MR) is 94.0 cm³/mol. The van der Waals surface area contributed by atoms with Crippen LogP contribution in [0.25, 0.3) is 0 Å². The van der Waals surface area contributed by atoms with E-state index in [1.165, 1.54) is 0 Å². The van der Waals surface area contributed by atoms with Gasteiger partial charge in [0.15, 0.2) is 0 Å². The Labute approximate surface area is 139 Å². The predicted octanol–water partition coefficient (Wildman–Crippen LogP) is 2.92. The fraction of sp³-hybridized carbons (Fsp3) is 0.882. The van der Waals surface area contributed by atoms with Crippen LogP contribution in [0.2, 0.25) is 0 Å². The second kappa shape index (κ2) is 8.80. The smallest absolute Gasteiger partial charge is 0.232 e. The van der Waals surface area contributed by atoms with Gasteiger partial charge in [-0.15, -0.1) is 11.8 Å². The minimum Gasteiger partial charge on any atom is -0.356 e. The molecule has 1 fully saturated rings. The molecule has 4 nitrogen and oxygen atoms in total. The van der Waals surface area contributed by atoms with Crippen molar-refractivity contribution in [1.82, 2.24) is 10.2 Å². The lowest BCUT2D eigenvalue weighted by molar-refractivity contribution is -0.133. The van der Waals surface area contributed by atoms with Crippen LogP contribution in [0, 0.1) is 11.8 Å². The molecule has 128 valence electrons. The van der Waals surface area contributed by atoms with Crippen LogP contribution in [-0.4, -0.2) is 46.8 Å². The van der Waals surface area contributed by atoms with Gasteiger partial charge in [0.2, 0.25) is 11.8 Å². The van der Waals surface area contributed by atoms with Gasteiger partial charge in [0.1, 0.15) is 0 Å². The molecule has 1 N–H and O–H groups in total. The van der Waals surface area contributed by atoms with Gasteiger partial charge in [-0.3, -0.25) is 9.59 Å². The summed E-state index contributed by atoms with van der Waals surface area (Å²) >= 11 is 1.69. The molecule has 0 saturated carbocycles. The van der Waals surface area contributed by atoms with Crippen molar-refractivity contribution in [3.05, 3.63) is 0 Å². The average Bonchev–Trinajstić information content (AvgIpc) is 2.43. The monoisotopic (exact) mass is 328 g/mol. The number of piperidine rings is 1. The summed E-state index contributed by atoms with van der Waals surface area (Å²) in [6.07, 6.45) is 2.60. The number of hydrogen-bond acceptors (Lipinski definition) is 3. The molecule has 1 aliphatic rings. The molecular weight excluding hydrogens is 296 g/mol. The number of likely N-dealkylation sites (tertiary alicyclic amines) is 1. The van der Waals surface area contributed by atoms with Gasteiger partial charge in [0, 0.05) is 30.3 Å². The molecule has 2 amide bonds. The summed E-state index contributed by atoms with van der Waals surface area (Å²) in [5, 5.41) is 3.03. The van der Waals surface area contributed by atoms with E-state index in [-0.39, 0.29) is 22.5 Å². The standard InChI is InChI=1S/C17H32N2O2S/c1-13(2)6-9-18-16(21)14-7-10-19(11-8-14)15(20)12-22-17(3,4)5/h13-14H,6-12H2,1-5H3,(H,18,21). The Bertz CT molecular complexity index is 369. The minimum absolute atomic E-state index is 0.0754. The van der Waals surface area contributed by atoms with E-state index >= 15 is 0 Å². The number of carbonyl (C=O) groups is 2. The Morgan fingerprint density at radius 3 is 2.32 bits per heavy atom. The summed E-state index contributed by atoms with van der Waals surface area (Å²) in [4.78, 5) is 26.2. The largest absolute Gasteiger partial charge is 0.356 e. The lowest BCUT2D eigenvalue weighted by Gasteiger charge is -2.32. The molecule has 1 rings (SSSR count). The normalized spacial score (nSPS) is 16.9. The molecule has 0 aromatic carbocycles. The highest BCUT2D eigenvalue weighted by molar-refractivity contribution is 8.01. The molecule has 0 radical (unpaired) electrons. The van der Waals surface area contributed by atoms with Crippen molar-refractivity contribution >= 4 is 23.6 Å². The maximum Gasteiger partial charge on any atom is 0.232 e. The first-order chi connectivity index (χ1) is 10.2. The van der Waals surface area contributed by atoms with Crippen LogP contribution >= 0.6 is 11.8 Å². The first kappa shape index (κ1) is 19.3. The molecule has 0 bridgehead atoms. The molecule has 1 heterocycles. The quantitative estimate of drug-likeness (QED) is 0.815. The van der Waals surface area contributed by atoms with E-state index in [2.05, 4.69) is 39.9 Å². The first-order valence-electron chi connectivity index (χ1n) is 8.38. The molecule has 0 spiro atoms. The maximum absolute atomic E-state index is 12.2. The Morgan fingerprint density at radius 2 is 1.82 bits per heavy atom. The number of hydrogen-bond donors (Lipinski definition) is 1. The summed E-state index contributed by atoms with van der Waals surface area (Å²) in [5.74, 6) is 1.59. The molecule has 1 saturated heterocycles. The molecule has 1 aliphatic heterocycles. The van der Waals surface area contributed by atoms with Crippen molar-refractivity contribution in [2.75, 3.05) is 25.4 Å². The lowest BCUT2D eigenvalue weighted by atomic mass is 9.96. The van der Waals surface area contributed by atoms with E-state index in [0.717, 1.165) is 25.8 Å². The molecule has 0 atom stereocenters. The van der Waals surface area contributed by atoms with E-state index in [4.69, 9.17) is 0 Å². The van der Waals surface area contributed by atoms with Crippen molar-refractivity contribution in [3.63, 3.8) is 0 Å².